The second kappa shape index (κ2) is 35.4. The lowest BCUT2D eigenvalue weighted by atomic mass is 9.95. The SMILES string of the molecule is O=C(O[C@@H]1[C@@H](OC(=O)c2ccccc2)[C@H](O[C@@H]2[C@H](O[C@H]3[C@H](OCc4ccccc4)[C@@H](OCc4ccccc4)[C@@H](O)O[C@@H]3COCc3ccccc3)O[C@H](COCc3ccccc3)[C@@H](OCc3ccccc3)[C@@H]2OCc2ccccc2)OC[C@H]1OC(=O)c1ccccc1)c1ccccc1. The Labute approximate surface area is 569 Å². The number of carbonyl (C=O) groups is 3. The van der Waals surface area contributed by atoms with E-state index < -0.39 is 111 Å². The van der Waals surface area contributed by atoms with E-state index in [0.29, 0.717) is 0 Å². The standard InChI is InChI=1S/C80H78O18/c81-75(61-40-22-7-23-41-61)92-66-54-91-79(73(96-77(83)63-44-26-9-27-45-63)69(66)95-76(82)62-42-24-8-25-43-62)98-74-70(88-49-58-34-16-4-17-35-58)67(87-48-57-32-14-3-15-33-57)64(52-85-46-55-28-10-1-11-29-55)94-80(74)97-68-65(53-86-47-56-30-12-2-13-31-56)93-78(84)72(90-51-60-38-20-6-21-39-60)71(68)89-50-59-36-18-5-19-37-59/h1-45,64-74,78-80,84H,46-54H2/t64-,65-,66-,67-,68-,69+,70+,71+,72-,73-,74+,78+,79+,80+/m1/s1. The molecule has 0 bridgehead atoms. The molecule has 0 saturated carbocycles. The van der Waals surface area contributed by atoms with E-state index in [9.17, 15) is 19.5 Å². The third-order valence-corrected chi connectivity index (χ3v) is 16.9. The average Bonchev–Trinajstić information content (AvgIpc) is 0.763. The lowest BCUT2D eigenvalue weighted by Crippen LogP contribution is -2.67. The molecule has 14 atom stereocenters. The van der Waals surface area contributed by atoms with Crippen LogP contribution in [0.5, 0.6) is 0 Å². The smallest absolute Gasteiger partial charge is 0.338 e. The number of rotatable bonds is 30. The van der Waals surface area contributed by atoms with Crippen LogP contribution in [-0.2, 0) is 106 Å². The van der Waals surface area contributed by atoms with Crippen LogP contribution in [0.15, 0.2) is 273 Å². The van der Waals surface area contributed by atoms with Crippen molar-refractivity contribution < 1.29 is 85.8 Å². The van der Waals surface area contributed by atoms with Gasteiger partial charge in [-0.25, -0.2) is 14.4 Å². The Bertz CT molecular complexity index is 3810. The molecule has 9 aromatic rings. The first-order valence-corrected chi connectivity index (χ1v) is 32.8. The van der Waals surface area contributed by atoms with Crippen molar-refractivity contribution in [1.82, 2.24) is 0 Å². The topological polar surface area (TPSA) is 201 Å². The predicted molar refractivity (Wildman–Crippen MR) is 358 cm³/mol. The second-order valence-electron chi connectivity index (χ2n) is 23.8. The zero-order valence-electron chi connectivity index (χ0n) is 53.8. The van der Waals surface area contributed by atoms with E-state index in [2.05, 4.69) is 0 Å². The van der Waals surface area contributed by atoms with Gasteiger partial charge in [-0.15, -0.1) is 0 Å². The van der Waals surface area contributed by atoms with E-state index >= 15 is 0 Å². The van der Waals surface area contributed by atoms with Crippen molar-refractivity contribution in [1.29, 1.82) is 0 Å². The van der Waals surface area contributed by atoms with Crippen molar-refractivity contribution in [2.24, 2.45) is 0 Å². The average molecular weight is 1330 g/mol. The number of esters is 3. The zero-order valence-corrected chi connectivity index (χ0v) is 53.8. The molecule has 3 aliphatic heterocycles. The maximum atomic E-state index is 14.8. The highest BCUT2D eigenvalue weighted by Gasteiger charge is 2.57. The van der Waals surface area contributed by atoms with Gasteiger partial charge in [0.15, 0.2) is 37.2 Å². The third-order valence-electron chi connectivity index (χ3n) is 16.9. The van der Waals surface area contributed by atoms with Gasteiger partial charge in [0.1, 0.15) is 48.8 Å². The molecule has 1 N–H and O–H groups in total. The van der Waals surface area contributed by atoms with Crippen LogP contribution in [0.25, 0.3) is 0 Å². The highest BCUT2D eigenvalue weighted by molar-refractivity contribution is 5.91. The fraction of sp³-hybridized carbons (Fsp3) is 0.287. The van der Waals surface area contributed by atoms with Crippen LogP contribution in [0.4, 0.5) is 0 Å². The van der Waals surface area contributed by atoms with Gasteiger partial charge in [-0.3, -0.25) is 0 Å². The summed E-state index contributed by atoms with van der Waals surface area (Å²) in [6, 6.07) is 82.3. The number of aliphatic hydroxyl groups is 1. The highest BCUT2D eigenvalue weighted by Crippen LogP contribution is 2.39. The van der Waals surface area contributed by atoms with Crippen LogP contribution in [-0.4, -0.2) is 129 Å². The quantitative estimate of drug-likeness (QED) is 0.0329. The Kier molecular flexibility index (Phi) is 24.9. The number of hydrogen-bond acceptors (Lipinski definition) is 18. The van der Waals surface area contributed by atoms with Crippen LogP contribution in [0.1, 0.15) is 64.5 Å². The Morgan fingerprint density at radius 1 is 0.316 bits per heavy atom. The molecule has 18 heteroatoms. The van der Waals surface area contributed by atoms with Crippen molar-refractivity contribution in [2.75, 3.05) is 19.8 Å². The molecule has 12 rings (SSSR count). The summed E-state index contributed by atoms with van der Waals surface area (Å²) in [5.41, 5.74) is 5.49. The Morgan fingerprint density at radius 2 is 0.633 bits per heavy atom. The van der Waals surface area contributed by atoms with Crippen molar-refractivity contribution >= 4 is 17.9 Å². The van der Waals surface area contributed by atoms with Gasteiger partial charge in [0.25, 0.3) is 0 Å². The van der Waals surface area contributed by atoms with Crippen molar-refractivity contribution in [3.05, 3.63) is 323 Å². The molecule has 18 nitrogen and oxygen atoms in total. The predicted octanol–water partition coefficient (Wildman–Crippen LogP) is 12.0. The number of carbonyl (C=O) groups excluding carboxylic acids is 3. The summed E-state index contributed by atoms with van der Waals surface area (Å²) in [5.74, 6) is -2.46. The van der Waals surface area contributed by atoms with Gasteiger partial charge in [0.2, 0.25) is 0 Å². The summed E-state index contributed by atoms with van der Waals surface area (Å²) >= 11 is 0. The van der Waals surface area contributed by atoms with E-state index in [-0.39, 0.29) is 69.5 Å². The molecule has 98 heavy (non-hydrogen) atoms. The summed E-state index contributed by atoms with van der Waals surface area (Å²) in [5, 5.41) is 12.3. The molecule has 0 aliphatic carbocycles. The van der Waals surface area contributed by atoms with Crippen molar-refractivity contribution in [3.63, 3.8) is 0 Å². The van der Waals surface area contributed by atoms with Crippen molar-refractivity contribution in [3.8, 4) is 0 Å². The first-order chi connectivity index (χ1) is 48.3. The minimum atomic E-state index is -1.73. The molecule has 3 saturated heterocycles. The van der Waals surface area contributed by atoms with Crippen LogP contribution < -0.4 is 0 Å². The molecule has 0 radical (unpaired) electrons. The Balaban J connectivity index is 0.995. The summed E-state index contributed by atoms with van der Waals surface area (Å²) in [6.07, 6.45) is -19.2. The number of aliphatic hydroxyl groups excluding tert-OH is 1. The van der Waals surface area contributed by atoms with Crippen LogP contribution in [0.3, 0.4) is 0 Å². The van der Waals surface area contributed by atoms with Crippen LogP contribution in [0, 0.1) is 0 Å². The minimum Gasteiger partial charge on any atom is -0.452 e. The molecule has 0 unspecified atom stereocenters. The van der Waals surface area contributed by atoms with Crippen LogP contribution in [0.2, 0.25) is 0 Å². The number of benzene rings is 9. The first kappa shape index (κ1) is 68.8. The number of hydrogen-bond donors (Lipinski definition) is 1. The van der Waals surface area contributed by atoms with Crippen LogP contribution >= 0.6 is 0 Å². The van der Waals surface area contributed by atoms with Gasteiger partial charge in [-0.1, -0.05) is 237 Å². The number of ether oxygens (including phenoxy) is 14. The second-order valence-corrected chi connectivity index (χ2v) is 23.8. The van der Waals surface area contributed by atoms with Gasteiger partial charge in [-0.2, -0.15) is 0 Å². The maximum Gasteiger partial charge on any atom is 0.338 e. The zero-order chi connectivity index (χ0) is 67.1. The lowest BCUT2D eigenvalue weighted by molar-refractivity contribution is -0.391. The molecule has 3 fully saturated rings. The lowest BCUT2D eigenvalue weighted by Gasteiger charge is -2.51. The van der Waals surface area contributed by atoms with E-state index in [1.807, 2.05) is 182 Å². The minimum absolute atomic E-state index is 0.0134. The van der Waals surface area contributed by atoms with Gasteiger partial charge < -0.3 is 71.4 Å². The summed E-state index contributed by atoms with van der Waals surface area (Å²) < 4.78 is 96.3. The molecule has 0 aromatic heterocycles. The van der Waals surface area contributed by atoms with E-state index in [0.717, 1.165) is 33.4 Å². The molecule has 3 heterocycles. The highest BCUT2D eigenvalue weighted by atomic mass is 16.8. The van der Waals surface area contributed by atoms with Gasteiger partial charge in [-0.05, 0) is 69.8 Å². The van der Waals surface area contributed by atoms with E-state index in [1.165, 1.54) is 0 Å². The first-order valence-electron chi connectivity index (χ1n) is 32.8. The molecule has 506 valence electrons. The van der Waals surface area contributed by atoms with Gasteiger partial charge in [0, 0.05) is 0 Å². The van der Waals surface area contributed by atoms with E-state index in [4.69, 9.17) is 66.3 Å². The summed E-state index contributed by atoms with van der Waals surface area (Å²) in [6.45, 7) is -0.231. The molecule has 0 spiro atoms. The Hall–Kier alpha value is -9.09. The van der Waals surface area contributed by atoms with Gasteiger partial charge >= 0.3 is 17.9 Å². The van der Waals surface area contributed by atoms with E-state index in [1.54, 1.807) is 91.0 Å². The monoisotopic (exact) mass is 1330 g/mol. The summed E-state index contributed by atoms with van der Waals surface area (Å²) in [7, 11) is 0. The molecular formula is C80H78O18. The fourth-order valence-corrected chi connectivity index (χ4v) is 11.9. The van der Waals surface area contributed by atoms with Gasteiger partial charge in [0.05, 0.1) is 76.2 Å². The molecular weight excluding hydrogens is 1250 g/mol. The molecule has 3 aliphatic rings. The Morgan fingerprint density at radius 3 is 1.04 bits per heavy atom. The van der Waals surface area contributed by atoms with Crippen molar-refractivity contribution in [2.45, 2.75) is 126 Å². The largest absolute Gasteiger partial charge is 0.452 e. The normalized spacial score (nSPS) is 24.6. The third kappa shape index (κ3) is 19.0. The fourth-order valence-electron chi connectivity index (χ4n) is 11.9. The molecule has 9 aromatic carbocycles. The maximum absolute atomic E-state index is 14.8. The molecule has 0 amide bonds. The summed E-state index contributed by atoms with van der Waals surface area (Å²) in [4.78, 5) is 43.6.